The van der Waals surface area contributed by atoms with E-state index >= 15 is 0 Å². The number of carbonyl (C=O) groups excluding carboxylic acids is 2. The minimum atomic E-state index is -0.573. The fraction of sp³-hybridized carbons (Fsp3) is 0.292. The van der Waals surface area contributed by atoms with Crippen LogP contribution in [-0.4, -0.2) is 30.1 Å². The maximum atomic E-state index is 13.3. The van der Waals surface area contributed by atoms with Crippen LogP contribution >= 0.6 is 23.8 Å². The molecule has 1 aliphatic rings. The number of halogens is 1. The molecule has 32 heavy (non-hydrogen) atoms. The van der Waals surface area contributed by atoms with Crippen LogP contribution in [0, 0.1) is 13.8 Å². The molecule has 168 valence electrons. The van der Waals surface area contributed by atoms with Crippen LogP contribution < -0.4 is 19.7 Å². The average molecular weight is 473 g/mol. The third kappa shape index (κ3) is 4.64. The first-order valence-electron chi connectivity index (χ1n) is 10.2. The summed E-state index contributed by atoms with van der Waals surface area (Å²) in [4.78, 5) is 27.3. The molecule has 0 saturated carbocycles. The zero-order valence-electron chi connectivity index (χ0n) is 18.6. The van der Waals surface area contributed by atoms with Crippen molar-refractivity contribution in [3.8, 4) is 11.5 Å². The van der Waals surface area contributed by atoms with Gasteiger partial charge in [0.05, 0.1) is 23.9 Å². The molecule has 0 unspecified atom stereocenters. The molecule has 1 N–H and O–H groups in total. The smallest absolute Gasteiger partial charge is 0.270 e. The molecule has 0 aromatic heterocycles. The van der Waals surface area contributed by atoms with Gasteiger partial charge >= 0.3 is 0 Å². The minimum Gasteiger partial charge on any atom is -0.493 e. The van der Waals surface area contributed by atoms with Crippen LogP contribution in [-0.2, 0) is 9.59 Å². The second-order valence-electron chi connectivity index (χ2n) is 7.55. The van der Waals surface area contributed by atoms with Crippen molar-refractivity contribution in [1.82, 2.24) is 5.32 Å². The Hall–Kier alpha value is -2.90. The number of aryl methyl sites for hydroxylation is 1. The van der Waals surface area contributed by atoms with Crippen LogP contribution in [0.25, 0.3) is 6.08 Å². The van der Waals surface area contributed by atoms with Gasteiger partial charge in [-0.1, -0.05) is 30.7 Å². The van der Waals surface area contributed by atoms with Crippen LogP contribution in [0.1, 0.15) is 37.0 Å². The summed E-state index contributed by atoms with van der Waals surface area (Å²) < 4.78 is 11.3. The first-order chi connectivity index (χ1) is 15.2. The Labute approximate surface area is 198 Å². The predicted octanol–water partition coefficient (Wildman–Crippen LogP) is 4.97. The lowest BCUT2D eigenvalue weighted by Crippen LogP contribution is -2.54. The Morgan fingerprint density at radius 3 is 2.62 bits per heavy atom. The highest BCUT2D eigenvalue weighted by Gasteiger charge is 2.35. The molecule has 1 heterocycles. The summed E-state index contributed by atoms with van der Waals surface area (Å²) in [7, 11) is 1.51. The quantitative estimate of drug-likeness (QED) is 0.365. The number of carbonyl (C=O) groups is 2. The molecule has 3 rings (SSSR count). The summed E-state index contributed by atoms with van der Waals surface area (Å²) in [5, 5.41) is 2.97. The van der Waals surface area contributed by atoms with E-state index in [9.17, 15) is 9.59 Å². The van der Waals surface area contributed by atoms with Crippen molar-refractivity contribution < 1.29 is 19.1 Å². The van der Waals surface area contributed by atoms with Gasteiger partial charge in [-0.25, -0.2) is 0 Å². The van der Waals surface area contributed by atoms with E-state index in [0.717, 1.165) is 17.5 Å². The Bertz CT molecular complexity index is 1130. The zero-order valence-corrected chi connectivity index (χ0v) is 20.2. The van der Waals surface area contributed by atoms with Crippen molar-refractivity contribution >= 4 is 52.5 Å². The molecule has 6 nitrogen and oxygen atoms in total. The van der Waals surface area contributed by atoms with Crippen LogP contribution in [0.15, 0.2) is 35.9 Å². The van der Waals surface area contributed by atoms with Gasteiger partial charge in [-0.3, -0.25) is 19.8 Å². The lowest BCUT2D eigenvalue weighted by atomic mass is 10.0. The first-order valence-corrected chi connectivity index (χ1v) is 11.0. The third-order valence-electron chi connectivity index (χ3n) is 5.38. The van der Waals surface area contributed by atoms with Gasteiger partial charge in [0, 0.05) is 0 Å². The summed E-state index contributed by atoms with van der Waals surface area (Å²) in [6, 6.07) is 8.89. The maximum Gasteiger partial charge on any atom is 0.270 e. The Kier molecular flexibility index (Phi) is 7.21. The number of hydrogen-bond donors (Lipinski definition) is 1. The lowest BCUT2D eigenvalue weighted by Gasteiger charge is -2.30. The van der Waals surface area contributed by atoms with Crippen molar-refractivity contribution in [2.45, 2.75) is 40.2 Å². The maximum absolute atomic E-state index is 13.3. The van der Waals surface area contributed by atoms with Crippen molar-refractivity contribution in [1.29, 1.82) is 0 Å². The predicted molar refractivity (Wildman–Crippen MR) is 131 cm³/mol. The van der Waals surface area contributed by atoms with E-state index in [2.05, 4.69) is 5.32 Å². The van der Waals surface area contributed by atoms with Gasteiger partial charge in [-0.15, -0.1) is 0 Å². The molecule has 1 aliphatic heterocycles. The number of ether oxygens (including phenoxy) is 2. The molecule has 2 aromatic rings. The van der Waals surface area contributed by atoms with E-state index in [1.165, 1.54) is 18.1 Å². The normalized spacial score (nSPS) is 16.2. The molecular formula is C24H25ClN2O4S. The topological polar surface area (TPSA) is 67.9 Å². The fourth-order valence-corrected chi connectivity index (χ4v) is 3.78. The Morgan fingerprint density at radius 2 is 1.97 bits per heavy atom. The molecule has 0 radical (unpaired) electrons. The van der Waals surface area contributed by atoms with Gasteiger partial charge in [-0.2, -0.15) is 0 Å². The van der Waals surface area contributed by atoms with Crippen molar-refractivity contribution in [3.63, 3.8) is 0 Å². The zero-order chi connectivity index (χ0) is 23.6. The van der Waals surface area contributed by atoms with E-state index in [1.54, 1.807) is 18.2 Å². The van der Waals surface area contributed by atoms with E-state index in [0.29, 0.717) is 27.8 Å². The second kappa shape index (κ2) is 9.71. The molecule has 0 spiro atoms. The van der Waals surface area contributed by atoms with Gasteiger partial charge in [0.2, 0.25) is 0 Å². The fourth-order valence-electron chi connectivity index (χ4n) is 3.24. The van der Waals surface area contributed by atoms with Crippen LogP contribution in [0.3, 0.4) is 0 Å². The highest BCUT2D eigenvalue weighted by molar-refractivity contribution is 7.80. The summed E-state index contributed by atoms with van der Waals surface area (Å²) in [6.07, 6.45) is 2.22. The van der Waals surface area contributed by atoms with Crippen LogP contribution in [0.4, 0.5) is 5.69 Å². The molecule has 1 fully saturated rings. The van der Waals surface area contributed by atoms with Gasteiger partial charge in [0.15, 0.2) is 16.6 Å². The number of benzene rings is 2. The van der Waals surface area contributed by atoms with E-state index in [1.807, 2.05) is 39.8 Å². The number of thiocarbonyl (C=S) groups is 1. The molecular weight excluding hydrogens is 448 g/mol. The van der Waals surface area contributed by atoms with E-state index < -0.39 is 11.8 Å². The van der Waals surface area contributed by atoms with E-state index in [4.69, 9.17) is 33.3 Å². The minimum absolute atomic E-state index is 0.0405. The van der Waals surface area contributed by atoms with Crippen molar-refractivity contribution in [2.24, 2.45) is 0 Å². The Balaban J connectivity index is 2.04. The van der Waals surface area contributed by atoms with Gasteiger partial charge in [-0.05, 0) is 80.4 Å². The molecule has 1 saturated heterocycles. The number of hydrogen-bond acceptors (Lipinski definition) is 5. The summed E-state index contributed by atoms with van der Waals surface area (Å²) >= 11 is 11.7. The number of nitrogens with one attached hydrogen (secondary N) is 1. The van der Waals surface area contributed by atoms with E-state index in [-0.39, 0.29) is 16.8 Å². The molecule has 1 atom stereocenters. The number of methoxy groups -OCH3 is 1. The number of nitrogens with zero attached hydrogens (tertiary/aromatic N) is 1. The highest BCUT2D eigenvalue weighted by atomic mass is 35.5. The summed E-state index contributed by atoms with van der Waals surface area (Å²) in [5.41, 5.74) is 2.99. The van der Waals surface area contributed by atoms with Crippen LogP contribution in [0.2, 0.25) is 5.02 Å². The lowest BCUT2D eigenvalue weighted by molar-refractivity contribution is -0.122. The second-order valence-corrected chi connectivity index (χ2v) is 8.34. The van der Waals surface area contributed by atoms with Gasteiger partial charge in [0.25, 0.3) is 11.8 Å². The summed E-state index contributed by atoms with van der Waals surface area (Å²) in [6.45, 7) is 7.79. The molecule has 2 amide bonds. The molecule has 2 aromatic carbocycles. The standard InChI is InChI=1S/C24H25ClN2O4S/c1-6-14(3)31-21-18(25)11-16(12-20(21)30-5)10-17-22(28)26-24(32)27(23(17)29)19-9-7-8-13(2)15(19)4/h7-12,14H,6H2,1-5H3,(H,26,28,32)/b17-10+/t14-/m0/s1. The SMILES string of the molecule is CC[C@H](C)Oc1c(Cl)cc(/C=C2\C(=O)NC(=S)N(c3cccc(C)c3C)C2=O)cc1OC. The summed E-state index contributed by atoms with van der Waals surface area (Å²) in [5.74, 6) is -0.252. The molecule has 8 heteroatoms. The van der Waals surface area contributed by atoms with Crippen molar-refractivity contribution in [3.05, 3.63) is 57.6 Å². The van der Waals surface area contributed by atoms with Crippen LogP contribution in [0.5, 0.6) is 11.5 Å². The van der Waals surface area contributed by atoms with Crippen molar-refractivity contribution in [2.75, 3.05) is 12.0 Å². The number of anilines is 1. The highest BCUT2D eigenvalue weighted by Crippen LogP contribution is 2.38. The third-order valence-corrected chi connectivity index (χ3v) is 5.94. The molecule has 0 bridgehead atoms. The number of amides is 2. The molecule has 0 aliphatic carbocycles. The van der Waals surface area contributed by atoms with Gasteiger partial charge in [0.1, 0.15) is 5.57 Å². The first kappa shape index (κ1) is 23.8. The average Bonchev–Trinajstić information content (AvgIpc) is 2.75. The monoisotopic (exact) mass is 472 g/mol. The van der Waals surface area contributed by atoms with Gasteiger partial charge < -0.3 is 9.47 Å². The number of rotatable bonds is 6. The Morgan fingerprint density at radius 1 is 1.25 bits per heavy atom. The largest absolute Gasteiger partial charge is 0.493 e.